The van der Waals surface area contributed by atoms with E-state index in [-0.39, 0.29) is 5.56 Å². The number of nitrogens with zero attached hydrogens (tertiary/aromatic N) is 2. The van der Waals surface area contributed by atoms with Crippen molar-refractivity contribution >= 4 is 17.3 Å². The molecule has 0 aliphatic heterocycles. The molecule has 1 aliphatic rings. The van der Waals surface area contributed by atoms with Gasteiger partial charge in [-0.15, -0.1) is 0 Å². The average Bonchev–Trinajstić information content (AvgIpc) is 2.56. The van der Waals surface area contributed by atoms with Crippen LogP contribution < -0.4 is 5.56 Å². The number of benzene rings is 1. The molecule has 4 rings (SSSR count). The SMILES string of the molecule is Cc1ccn2c(=O)c3c(nc2c1)/C(=C\c1ccccc1)CCC3. The third-order valence-corrected chi connectivity index (χ3v) is 4.40. The second-order valence-electron chi connectivity index (χ2n) is 6.11. The van der Waals surface area contributed by atoms with Crippen LogP contribution in [-0.4, -0.2) is 9.38 Å². The lowest BCUT2D eigenvalue weighted by Gasteiger charge is -2.18. The summed E-state index contributed by atoms with van der Waals surface area (Å²) in [6.45, 7) is 2.02. The molecule has 3 aromatic rings. The lowest BCUT2D eigenvalue weighted by Crippen LogP contribution is -2.24. The first-order chi connectivity index (χ1) is 11.2. The predicted octanol–water partition coefficient (Wildman–Crippen LogP) is 3.88. The van der Waals surface area contributed by atoms with Gasteiger partial charge in [0.05, 0.1) is 5.69 Å². The van der Waals surface area contributed by atoms with Crippen molar-refractivity contribution in [3.05, 3.63) is 81.4 Å². The zero-order chi connectivity index (χ0) is 15.8. The van der Waals surface area contributed by atoms with Gasteiger partial charge in [-0.05, 0) is 61.1 Å². The van der Waals surface area contributed by atoms with E-state index >= 15 is 0 Å². The second-order valence-corrected chi connectivity index (χ2v) is 6.11. The maximum atomic E-state index is 12.8. The molecular weight excluding hydrogens is 284 g/mol. The number of aryl methyl sites for hydroxylation is 1. The third-order valence-electron chi connectivity index (χ3n) is 4.40. The topological polar surface area (TPSA) is 34.4 Å². The zero-order valence-corrected chi connectivity index (χ0v) is 13.1. The van der Waals surface area contributed by atoms with Crippen molar-refractivity contribution in [3.63, 3.8) is 0 Å². The summed E-state index contributed by atoms with van der Waals surface area (Å²) in [4.78, 5) is 17.6. The first-order valence-corrected chi connectivity index (χ1v) is 8.00. The Morgan fingerprint density at radius 1 is 1.13 bits per heavy atom. The summed E-state index contributed by atoms with van der Waals surface area (Å²) in [5, 5.41) is 0. The van der Waals surface area contributed by atoms with Crippen molar-refractivity contribution in [2.24, 2.45) is 0 Å². The molecule has 3 nitrogen and oxygen atoms in total. The fraction of sp³-hybridized carbons (Fsp3) is 0.200. The van der Waals surface area contributed by atoms with Crippen molar-refractivity contribution in [1.82, 2.24) is 9.38 Å². The molecule has 0 saturated carbocycles. The number of fused-ring (bicyclic) bond motifs is 2. The molecule has 2 aromatic heterocycles. The molecule has 0 saturated heterocycles. The van der Waals surface area contributed by atoms with Crippen LogP contribution in [-0.2, 0) is 6.42 Å². The van der Waals surface area contributed by atoms with Crippen molar-refractivity contribution in [2.75, 3.05) is 0 Å². The van der Waals surface area contributed by atoms with Gasteiger partial charge in [-0.2, -0.15) is 0 Å². The van der Waals surface area contributed by atoms with Crippen LogP contribution in [0.25, 0.3) is 17.3 Å². The standard InChI is InChI=1S/C20H18N2O/c1-14-10-11-22-18(12-14)21-19-16(8-5-9-17(19)20(22)23)13-15-6-3-2-4-7-15/h2-4,6-7,10-13H,5,8-9H2,1H3/b16-13-. The summed E-state index contributed by atoms with van der Waals surface area (Å²) < 4.78 is 1.66. The number of hydrogen-bond acceptors (Lipinski definition) is 2. The molecule has 0 bridgehead atoms. The quantitative estimate of drug-likeness (QED) is 0.683. The Labute approximate surface area is 134 Å². The summed E-state index contributed by atoms with van der Waals surface area (Å²) in [5.74, 6) is 0. The van der Waals surface area contributed by atoms with Crippen LogP contribution in [0.1, 0.15) is 35.2 Å². The molecule has 1 aliphatic carbocycles. The molecule has 0 atom stereocenters. The molecule has 0 radical (unpaired) electrons. The Morgan fingerprint density at radius 3 is 2.78 bits per heavy atom. The van der Waals surface area contributed by atoms with E-state index < -0.39 is 0 Å². The van der Waals surface area contributed by atoms with E-state index in [4.69, 9.17) is 4.98 Å². The Hall–Kier alpha value is -2.68. The number of allylic oxidation sites excluding steroid dienone is 1. The average molecular weight is 302 g/mol. The molecule has 0 spiro atoms. The maximum absolute atomic E-state index is 12.8. The maximum Gasteiger partial charge on any atom is 0.261 e. The molecule has 1 aromatic carbocycles. The number of pyridine rings is 1. The van der Waals surface area contributed by atoms with Crippen molar-refractivity contribution in [3.8, 4) is 0 Å². The number of aromatic nitrogens is 2. The van der Waals surface area contributed by atoms with E-state index in [0.717, 1.165) is 47.3 Å². The van der Waals surface area contributed by atoms with Gasteiger partial charge < -0.3 is 0 Å². The number of rotatable bonds is 1. The molecular formula is C20H18N2O. The summed E-state index contributed by atoms with van der Waals surface area (Å²) in [6.07, 6.45) is 6.77. The zero-order valence-electron chi connectivity index (χ0n) is 13.1. The smallest absolute Gasteiger partial charge is 0.261 e. The molecule has 2 heterocycles. The van der Waals surface area contributed by atoms with Gasteiger partial charge in [-0.3, -0.25) is 9.20 Å². The minimum Gasteiger partial charge on any atom is -0.269 e. The van der Waals surface area contributed by atoms with E-state index in [0.29, 0.717) is 0 Å². The van der Waals surface area contributed by atoms with E-state index in [9.17, 15) is 4.79 Å². The highest BCUT2D eigenvalue weighted by atomic mass is 16.1. The van der Waals surface area contributed by atoms with E-state index in [1.807, 2.05) is 43.5 Å². The van der Waals surface area contributed by atoms with E-state index in [2.05, 4.69) is 18.2 Å². The first kappa shape index (κ1) is 13.9. The van der Waals surface area contributed by atoms with Crippen LogP contribution in [0.4, 0.5) is 0 Å². The highest BCUT2D eigenvalue weighted by Gasteiger charge is 2.20. The highest BCUT2D eigenvalue weighted by molar-refractivity contribution is 5.82. The van der Waals surface area contributed by atoms with Gasteiger partial charge in [-0.25, -0.2) is 4.98 Å². The predicted molar refractivity (Wildman–Crippen MR) is 93.5 cm³/mol. The van der Waals surface area contributed by atoms with Gasteiger partial charge in [-0.1, -0.05) is 30.3 Å². The van der Waals surface area contributed by atoms with Crippen molar-refractivity contribution in [1.29, 1.82) is 0 Å². The van der Waals surface area contributed by atoms with Gasteiger partial charge >= 0.3 is 0 Å². The van der Waals surface area contributed by atoms with Gasteiger partial charge in [0.25, 0.3) is 5.56 Å². The minimum atomic E-state index is 0.0728. The summed E-state index contributed by atoms with van der Waals surface area (Å²) in [7, 11) is 0. The van der Waals surface area contributed by atoms with Crippen LogP contribution in [0.5, 0.6) is 0 Å². The van der Waals surface area contributed by atoms with Crippen LogP contribution in [0, 0.1) is 6.92 Å². The molecule has 0 unspecified atom stereocenters. The van der Waals surface area contributed by atoms with Crippen LogP contribution in [0.15, 0.2) is 53.5 Å². The molecule has 23 heavy (non-hydrogen) atoms. The summed E-state index contributed by atoms with van der Waals surface area (Å²) in [5.41, 5.74) is 5.97. The second kappa shape index (κ2) is 5.51. The Balaban J connectivity index is 1.95. The highest BCUT2D eigenvalue weighted by Crippen LogP contribution is 2.29. The monoisotopic (exact) mass is 302 g/mol. The normalized spacial score (nSPS) is 15.8. The van der Waals surface area contributed by atoms with E-state index in [1.54, 1.807) is 4.40 Å². The molecule has 3 heteroatoms. The van der Waals surface area contributed by atoms with Crippen molar-refractivity contribution in [2.45, 2.75) is 26.2 Å². The van der Waals surface area contributed by atoms with Crippen LogP contribution in [0.2, 0.25) is 0 Å². The summed E-state index contributed by atoms with van der Waals surface area (Å²) >= 11 is 0. The molecule has 0 amide bonds. The molecule has 114 valence electrons. The van der Waals surface area contributed by atoms with Gasteiger partial charge in [0.1, 0.15) is 5.65 Å². The Morgan fingerprint density at radius 2 is 1.96 bits per heavy atom. The third kappa shape index (κ3) is 2.48. The van der Waals surface area contributed by atoms with Gasteiger partial charge in [0.15, 0.2) is 0 Å². The van der Waals surface area contributed by atoms with Gasteiger partial charge in [0, 0.05) is 11.8 Å². The fourth-order valence-corrected chi connectivity index (χ4v) is 3.23. The van der Waals surface area contributed by atoms with Crippen molar-refractivity contribution < 1.29 is 0 Å². The number of hydrogen-bond donors (Lipinski definition) is 0. The Kier molecular flexibility index (Phi) is 3.34. The molecule has 0 N–H and O–H groups in total. The fourth-order valence-electron chi connectivity index (χ4n) is 3.23. The largest absolute Gasteiger partial charge is 0.269 e. The lowest BCUT2D eigenvalue weighted by molar-refractivity contribution is 0.787. The first-order valence-electron chi connectivity index (χ1n) is 8.00. The minimum absolute atomic E-state index is 0.0728. The van der Waals surface area contributed by atoms with E-state index in [1.165, 1.54) is 5.57 Å². The van der Waals surface area contributed by atoms with Gasteiger partial charge in [0.2, 0.25) is 0 Å². The summed E-state index contributed by atoms with van der Waals surface area (Å²) in [6, 6.07) is 14.2. The Bertz CT molecular complexity index is 968. The lowest BCUT2D eigenvalue weighted by atomic mass is 9.91. The molecule has 0 fully saturated rings. The van der Waals surface area contributed by atoms with Crippen LogP contribution >= 0.6 is 0 Å². The van der Waals surface area contributed by atoms with Crippen LogP contribution in [0.3, 0.4) is 0 Å².